The number of rotatable bonds is 4. The number of hydrogen-bond donors (Lipinski definition) is 2. The van der Waals surface area contributed by atoms with Crippen molar-refractivity contribution < 1.29 is 4.74 Å². The molecule has 0 saturated heterocycles. The molecule has 0 aliphatic heterocycles. The fourth-order valence-electron chi connectivity index (χ4n) is 0.365. The van der Waals surface area contributed by atoms with E-state index in [0.717, 1.165) is 0 Å². The average Bonchev–Trinajstić information content (AvgIpc) is 1.97. The van der Waals surface area contributed by atoms with Crippen molar-refractivity contribution in [1.29, 1.82) is 0 Å². The summed E-state index contributed by atoms with van der Waals surface area (Å²) in [6.45, 7) is 4.64. The van der Waals surface area contributed by atoms with Crippen LogP contribution >= 0.6 is 12.2 Å². The van der Waals surface area contributed by atoms with Crippen molar-refractivity contribution in [2.45, 2.75) is 0 Å². The molecule has 0 heterocycles. The van der Waals surface area contributed by atoms with Crippen LogP contribution in [0.25, 0.3) is 0 Å². The quantitative estimate of drug-likeness (QED) is 0.351. The van der Waals surface area contributed by atoms with Crippen LogP contribution in [-0.4, -0.2) is 25.5 Å². The normalized spacial score (nSPS) is 8.50. The molecular formula is C6H12N2OS. The van der Waals surface area contributed by atoms with Crippen molar-refractivity contribution in [3.8, 4) is 0 Å². The summed E-state index contributed by atoms with van der Waals surface area (Å²) < 4.78 is 4.73. The minimum absolute atomic E-state index is 0.434. The maximum absolute atomic E-state index is 4.83. The van der Waals surface area contributed by atoms with Gasteiger partial charge in [-0.25, -0.2) is 0 Å². The molecule has 0 aliphatic rings. The van der Waals surface area contributed by atoms with Gasteiger partial charge in [0, 0.05) is 13.7 Å². The molecule has 3 nitrogen and oxygen atoms in total. The summed E-state index contributed by atoms with van der Waals surface area (Å²) in [7, 11) is 1.60. The second kappa shape index (κ2) is 6.51. The third-order valence-electron chi connectivity index (χ3n) is 0.784. The van der Waals surface area contributed by atoms with Gasteiger partial charge < -0.3 is 15.4 Å². The van der Waals surface area contributed by atoms with Gasteiger partial charge in [-0.05, 0) is 12.2 Å². The molecule has 4 heteroatoms. The van der Waals surface area contributed by atoms with Crippen LogP contribution in [0.5, 0.6) is 0 Å². The number of methoxy groups -OCH3 is 1. The standard InChI is InChI=1S/C6H12N2OS/c1-3-4-7-6(10)8-5-9-2/h3H,1,4-5H2,2H3,(H2,7,8,10). The van der Waals surface area contributed by atoms with E-state index in [9.17, 15) is 0 Å². The van der Waals surface area contributed by atoms with Crippen LogP contribution in [-0.2, 0) is 4.74 Å². The molecule has 0 aromatic rings. The molecule has 0 fully saturated rings. The molecule has 0 saturated carbocycles. The Morgan fingerprint density at radius 3 is 2.90 bits per heavy atom. The molecule has 0 radical (unpaired) electrons. The Balaban J connectivity index is 3.16. The summed E-state index contributed by atoms with van der Waals surface area (Å²) in [4.78, 5) is 0. The lowest BCUT2D eigenvalue weighted by Gasteiger charge is -2.06. The first kappa shape index (κ1) is 9.39. The van der Waals surface area contributed by atoms with E-state index in [0.29, 0.717) is 18.4 Å². The first-order valence-corrected chi connectivity index (χ1v) is 3.33. The molecule has 10 heavy (non-hydrogen) atoms. The lowest BCUT2D eigenvalue weighted by molar-refractivity contribution is 0.192. The van der Waals surface area contributed by atoms with E-state index in [2.05, 4.69) is 17.2 Å². The van der Waals surface area contributed by atoms with E-state index in [1.54, 1.807) is 13.2 Å². The highest BCUT2D eigenvalue weighted by Crippen LogP contribution is 1.67. The van der Waals surface area contributed by atoms with E-state index in [1.807, 2.05) is 0 Å². The molecule has 0 amide bonds. The van der Waals surface area contributed by atoms with Crippen LogP contribution in [0.2, 0.25) is 0 Å². The molecule has 2 N–H and O–H groups in total. The number of nitrogens with one attached hydrogen (secondary N) is 2. The summed E-state index contributed by atoms with van der Waals surface area (Å²) >= 11 is 4.83. The van der Waals surface area contributed by atoms with Gasteiger partial charge in [-0.15, -0.1) is 6.58 Å². The predicted octanol–water partition coefficient (Wildman–Crippen LogP) is 0.240. The van der Waals surface area contributed by atoms with Crippen LogP contribution in [0.3, 0.4) is 0 Å². The maximum atomic E-state index is 4.83. The van der Waals surface area contributed by atoms with Crippen molar-refractivity contribution in [2.24, 2.45) is 0 Å². The molecule has 0 aromatic carbocycles. The maximum Gasteiger partial charge on any atom is 0.168 e. The van der Waals surface area contributed by atoms with Gasteiger partial charge in [0.2, 0.25) is 0 Å². The van der Waals surface area contributed by atoms with Crippen molar-refractivity contribution in [3.05, 3.63) is 12.7 Å². The second-order valence-electron chi connectivity index (χ2n) is 1.61. The Morgan fingerprint density at radius 1 is 1.70 bits per heavy atom. The molecule has 0 unspecified atom stereocenters. The minimum atomic E-state index is 0.434. The molecule has 0 aliphatic carbocycles. The zero-order valence-corrected chi connectivity index (χ0v) is 6.83. The van der Waals surface area contributed by atoms with Gasteiger partial charge in [0.25, 0.3) is 0 Å². The van der Waals surface area contributed by atoms with E-state index < -0.39 is 0 Å². The molecule has 0 atom stereocenters. The van der Waals surface area contributed by atoms with Crippen molar-refractivity contribution >= 4 is 17.3 Å². The zero-order chi connectivity index (χ0) is 7.82. The van der Waals surface area contributed by atoms with Gasteiger partial charge in [0.05, 0.1) is 0 Å². The van der Waals surface area contributed by atoms with Crippen molar-refractivity contribution in [1.82, 2.24) is 10.6 Å². The van der Waals surface area contributed by atoms with Crippen LogP contribution in [0.15, 0.2) is 12.7 Å². The Kier molecular flexibility index (Phi) is 6.11. The van der Waals surface area contributed by atoms with Gasteiger partial charge >= 0.3 is 0 Å². The Bertz CT molecular complexity index is 116. The number of ether oxygens (including phenoxy) is 1. The van der Waals surface area contributed by atoms with Gasteiger partial charge in [0.1, 0.15) is 6.73 Å². The third-order valence-corrected chi connectivity index (χ3v) is 1.07. The summed E-state index contributed by atoms with van der Waals surface area (Å²) in [6.07, 6.45) is 1.74. The molecule has 0 bridgehead atoms. The summed E-state index contributed by atoms with van der Waals surface area (Å²) in [6, 6.07) is 0. The fraction of sp³-hybridized carbons (Fsp3) is 0.500. The molecule has 0 spiro atoms. The van der Waals surface area contributed by atoms with Crippen LogP contribution in [0.1, 0.15) is 0 Å². The second-order valence-corrected chi connectivity index (χ2v) is 2.02. The summed E-state index contributed by atoms with van der Waals surface area (Å²) in [5.74, 6) is 0. The summed E-state index contributed by atoms with van der Waals surface area (Å²) in [5, 5.41) is 6.29. The SMILES string of the molecule is C=CCNC(=S)NCOC. The Labute approximate surface area is 66.4 Å². The fourth-order valence-corrected chi connectivity index (χ4v) is 0.507. The smallest absolute Gasteiger partial charge is 0.168 e. The van der Waals surface area contributed by atoms with Gasteiger partial charge in [-0.2, -0.15) is 0 Å². The monoisotopic (exact) mass is 160 g/mol. The molecule has 58 valence electrons. The largest absolute Gasteiger partial charge is 0.365 e. The van der Waals surface area contributed by atoms with Crippen molar-refractivity contribution in [3.63, 3.8) is 0 Å². The predicted molar refractivity (Wildman–Crippen MR) is 45.8 cm³/mol. The first-order chi connectivity index (χ1) is 4.81. The molecule has 0 rings (SSSR count). The Morgan fingerprint density at radius 2 is 2.40 bits per heavy atom. The first-order valence-electron chi connectivity index (χ1n) is 2.92. The van der Waals surface area contributed by atoms with Crippen LogP contribution < -0.4 is 10.6 Å². The van der Waals surface area contributed by atoms with Gasteiger partial charge in [-0.3, -0.25) is 0 Å². The molecule has 0 aromatic heterocycles. The highest BCUT2D eigenvalue weighted by molar-refractivity contribution is 7.80. The molecular weight excluding hydrogens is 148 g/mol. The summed E-state index contributed by atoms with van der Waals surface area (Å²) in [5.41, 5.74) is 0. The van der Waals surface area contributed by atoms with Gasteiger partial charge in [0.15, 0.2) is 5.11 Å². The number of hydrogen-bond acceptors (Lipinski definition) is 2. The average molecular weight is 160 g/mol. The van der Waals surface area contributed by atoms with E-state index in [1.165, 1.54) is 0 Å². The van der Waals surface area contributed by atoms with E-state index >= 15 is 0 Å². The number of thiocarbonyl (C=S) groups is 1. The Hall–Kier alpha value is -0.610. The van der Waals surface area contributed by atoms with E-state index in [4.69, 9.17) is 17.0 Å². The highest BCUT2D eigenvalue weighted by atomic mass is 32.1. The lowest BCUT2D eigenvalue weighted by Crippen LogP contribution is -2.36. The van der Waals surface area contributed by atoms with Crippen LogP contribution in [0, 0.1) is 0 Å². The zero-order valence-electron chi connectivity index (χ0n) is 6.02. The van der Waals surface area contributed by atoms with Crippen molar-refractivity contribution in [2.75, 3.05) is 20.4 Å². The van der Waals surface area contributed by atoms with Crippen LogP contribution in [0.4, 0.5) is 0 Å². The highest BCUT2D eigenvalue weighted by Gasteiger charge is 1.88. The van der Waals surface area contributed by atoms with Gasteiger partial charge in [-0.1, -0.05) is 6.08 Å². The van der Waals surface area contributed by atoms with E-state index in [-0.39, 0.29) is 0 Å². The lowest BCUT2D eigenvalue weighted by atomic mass is 10.6. The topological polar surface area (TPSA) is 33.3 Å². The third kappa shape index (κ3) is 5.53. The minimum Gasteiger partial charge on any atom is -0.365 e.